The van der Waals surface area contributed by atoms with Crippen LogP contribution in [0.3, 0.4) is 0 Å². The first kappa shape index (κ1) is 17.0. The fraction of sp³-hybridized carbons (Fsp3) is 0.471. The van der Waals surface area contributed by atoms with Crippen LogP contribution in [0.25, 0.3) is 11.1 Å². The van der Waals surface area contributed by atoms with E-state index in [2.05, 4.69) is 41.3 Å². The van der Waals surface area contributed by atoms with Gasteiger partial charge in [-0.1, -0.05) is 23.8 Å². The van der Waals surface area contributed by atoms with Crippen LogP contribution in [-0.4, -0.2) is 34.3 Å². The topological polar surface area (TPSA) is 47.1 Å². The number of hydrogen-bond acceptors (Lipinski definition) is 3. The second-order valence-electron chi connectivity index (χ2n) is 6.19. The minimum absolute atomic E-state index is 0. The zero-order chi connectivity index (χ0) is 14.8. The van der Waals surface area contributed by atoms with Crippen molar-refractivity contribution in [3.63, 3.8) is 0 Å². The Morgan fingerprint density at radius 3 is 2.82 bits per heavy atom. The van der Waals surface area contributed by atoms with Crippen LogP contribution < -0.4 is 5.73 Å². The molecule has 1 saturated heterocycles. The molecule has 1 unspecified atom stereocenters. The SMILES string of the molecule is Cc1ccc(CN2CCC(CN)C2)c(-c2cnn(C)c2)c1.Cl. The molecule has 4 nitrogen and oxygen atoms in total. The van der Waals surface area contributed by atoms with Crippen LogP contribution in [0, 0.1) is 12.8 Å². The van der Waals surface area contributed by atoms with Crippen LogP contribution in [0.1, 0.15) is 17.5 Å². The lowest BCUT2D eigenvalue weighted by Gasteiger charge is -2.18. The van der Waals surface area contributed by atoms with Crippen LogP contribution in [0.5, 0.6) is 0 Å². The van der Waals surface area contributed by atoms with Gasteiger partial charge in [-0.2, -0.15) is 5.10 Å². The van der Waals surface area contributed by atoms with Crippen molar-refractivity contribution >= 4 is 12.4 Å². The molecule has 0 aliphatic carbocycles. The molecule has 2 N–H and O–H groups in total. The van der Waals surface area contributed by atoms with Crippen molar-refractivity contribution in [3.05, 3.63) is 41.7 Å². The third-order valence-corrected chi connectivity index (χ3v) is 4.38. The third-order valence-electron chi connectivity index (χ3n) is 4.38. The molecule has 1 aliphatic rings. The highest BCUT2D eigenvalue weighted by atomic mass is 35.5. The summed E-state index contributed by atoms with van der Waals surface area (Å²) < 4.78 is 1.86. The number of nitrogens with two attached hydrogens (primary N) is 1. The summed E-state index contributed by atoms with van der Waals surface area (Å²) in [7, 11) is 1.96. The predicted octanol–water partition coefficient (Wildman–Crippen LogP) is 2.60. The number of aromatic nitrogens is 2. The summed E-state index contributed by atoms with van der Waals surface area (Å²) in [5.74, 6) is 0.664. The maximum Gasteiger partial charge on any atom is 0.0568 e. The fourth-order valence-electron chi connectivity index (χ4n) is 3.15. The van der Waals surface area contributed by atoms with E-state index in [9.17, 15) is 0 Å². The molecule has 5 heteroatoms. The number of rotatable bonds is 4. The van der Waals surface area contributed by atoms with Crippen molar-refractivity contribution in [1.29, 1.82) is 0 Å². The largest absolute Gasteiger partial charge is 0.330 e. The van der Waals surface area contributed by atoms with E-state index in [0.29, 0.717) is 5.92 Å². The van der Waals surface area contributed by atoms with Gasteiger partial charge in [-0.25, -0.2) is 0 Å². The monoisotopic (exact) mass is 320 g/mol. The highest BCUT2D eigenvalue weighted by molar-refractivity contribution is 5.85. The number of halogens is 1. The number of benzene rings is 1. The summed E-state index contributed by atoms with van der Waals surface area (Å²) in [6, 6.07) is 6.72. The molecule has 0 saturated carbocycles. The first-order chi connectivity index (χ1) is 10.2. The highest BCUT2D eigenvalue weighted by Crippen LogP contribution is 2.27. The van der Waals surface area contributed by atoms with Crippen molar-refractivity contribution in [1.82, 2.24) is 14.7 Å². The number of aryl methyl sites for hydroxylation is 2. The van der Waals surface area contributed by atoms with Crippen molar-refractivity contribution in [2.75, 3.05) is 19.6 Å². The number of likely N-dealkylation sites (tertiary alicyclic amines) is 1. The van der Waals surface area contributed by atoms with Crippen LogP contribution in [0.4, 0.5) is 0 Å². The van der Waals surface area contributed by atoms with Gasteiger partial charge in [0.25, 0.3) is 0 Å². The van der Waals surface area contributed by atoms with E-state index in [1.807, 2.05) is 17.9 Å². The Labute approximate surface area is 138 Å². The summed E-state index contributed by atoms with van der Waals surface area (Å²) in [5, 5.41) is 4.31. The first-order valence-corrected chi connectivity index (χ1v) is 7.66. The zero-order valence-corrected chi connectivity index (χ0v) is 14.1. The van der Waals surface area contributed by atoms with Crippen molar-refractivity contribution in [2.24, 2.45) is 18.7 Å². The molecule has 0 bridgehead atoms. The Morgan fingerprint density at radius 1 is 1.36 bits per heavy atom. The molecule has 2 heterocycles. The second-order valence-corrected chi connectivity index (χ2v) is 6.19. The summed E-state index contributed by atoms with van der Waals surface area (Å²) >= 11 is 0. The maximum absolute atomic E-state index is 5.80. The van der Waals surface area contributed by atoms with E-state index < -0.39 is 0 Å². The molecule has 0 amide bonds. The van der Waals surface area contributed by atoms with E-state index >= 15 is 0 Å². The van der Waals surface area contributed by atoms with Crippen LogP contribution in [-0.2, 0) is 13.6 Å². The van der Waals surface area contributed by atoms with Gasteiger partial charge in [-0.3, -0.25) is 9.58 Å². The van der Waals surface area contributed by atoms with E-state index in [1.54, 1.807) is 0 Å². The van der Waals surface area contributed by atoms with Gasteiger partial charge in [0.05, 0.1) is 6.20 Å². The van der Waals surface area contributed by atoms with Gasteiger partial charge in [-0.05, 0) is 43.5 Å². The van der Waals surface area contributed by atoms with E-state index in [-0.39, 0.29) is 12.4 Å². The van der Waals surface area contributed by atoms with E-state index in [4.69, 9.17) is 5.73 Å². The molecule has 3 rings (SSSR count). The third kappa shape index (κ3) is 3.69. The van der Waals surface area contributed by atoms with Crippen LogP contribution in [0.15, 0.2) is 30.6 Å². The zero-order valence-electron chi connectivity index (χ0n) is 13.3. The normalized spacial score (nSPS) is 18.4. The Morgan fingerprint density at radius 2 is 2.18 bits per heavy atom. The smallest absolute Gasteiger partial charge is 0.0568 e. The molecule has 1 aliphatic heterocycles. The van der Waals surface area contributed by atoms with Gasteiger partial charge in [0.1, 0.15) is 0 Å². The van der Waals surface area contributed by atoms with Crippen molar-refractivity contribution < 1.29 is 0 Å². The standard InChI is InChI=1S/C17H24N4.ClH/c1-13-3-4-15(12-21-6-5-14(8-18)10-21)17(7-13)16-9-19-20(2)11-16;/h3-4,7,9,11,14H,5-6,8,10,12,18H2,1-2H3;1H. The number of hydrogen-bond donors (Lipinski definition) is 1. The summed E-state index contributed by atoms with van der Waals surface area (Å²) in [5.41, 5.74) is 11.0. The Balaban J connectivity index is 0.00000176. The average Bonchev–Trinajstić information content (AvgIpc) is 3.10. The van der Waals surface area contributed by atoms with Crippen LogP contribution in [0.2, 0.25) is 0 Å². The van der Waals surface area contributed by atoms with Gasteiger partial charge in [0.2, 0.25) is 0 Å². The highest BCUT2D eigenvalue weighted by Gasteiger charge is 2.22. The molecule has 1 aromatic heterocycles. The fourth-order valence-corrected chi connectivity index (χ4v) is 3.15. The van der Waals surface area contributed by atoms with Crippen molar-refractivity contribution in [2.45, 2.75) is 19.9 Å². The maximum atomic E-state index is 5.80. The molecule has 22 heavy (non-hydrogen) atoms. The molecule has 1 fully saturated rings. The summed E-state index contributed by atoms with van der Waals surface area (Å²) in [6.45, 7) is 6.23. The Kier molecular flexibility index (Phi) is 5.62. The molecular weight excluding hydrogens is 296 g/mol. The quantitative estimate of drug-likeness (QED) is 0.942. The van der Waals surface area contributed by atoms with Gasteiger partial charge in [0, 0.05) is 31.9 Å². The molecular formula is C17H25ClN4. The first-order valence-electron chi connectivity index (χ1n) is 7.66. The molecule has 0 radical (unpaired) electrons. The van der Waals surface area contributed by atoms with Gasteiger partial charge < -0.3 is 5.73 Å². The molecule has 1 aromatic carbocycles. The van der Waals surface area contributed by atoms with Gasteiger partial charge in [0.15, 0.2) is 0 Å². The second kappa shape index (κ2) is 7.27. The van der Waals surface area contributed by atoms with Crippen molar-refractivity contribution in [3.8, 4) is 11.1 Å². The lowest BCUT2D eigenvalue weighted by atomic mass is 9.99. The van der Waals surface area contributed by atoms with Crippen LogP contribution >= 0.6 is 12.4 Å². The summed E-state index contributed by atoms with van der Waals surface area (Å²) in [4.78, 5) is 2.52. The average molecular weight is 321 g/mol. The van der Waals surface area contributed by atoms with Gasteiger partial charge in [-0.15, -0.1) is 12.4 Å². The van der Waals surface area contributed by atoms with E-state index in [0.717, 1.165) is 26.2 Å². The Bertz CT molecular complexity index is 623. The molecule has 1 atom stereocenters. The molecule has 2 aromatic rings. The minimum Gasteiger partial charge on any atom is -0.330 e. The predicted molar refractivity (Wildman–Crippen MR) is 93.1 cm³/mol. The van der Waals surface area contributed by atoms with Gasteiger partial charge >= 0.3 is 0 Å². The lowest BCUT2D eigenvalue weighted by molar-refractivity contribution is 0.318. The molecule has 120 valence electrons. The Hall–Kier alpha value is -1.36. The van der Waals surface area contributed by atoms with E-state index in [1.165, 1.54) is 28.7 Å². The molecule has 0 spiro atoms. The lowest BCUT2D eigenvalue weighted by Crippen LogP contribution is -2.23. The summed E-state index contributed by atoms with van der Waals surface area (Å²) in [6.07, 6.45) is 5.26. The minimum atomic E-state index is 0. The number of nitrogens with zero attached hydrogens (tertiary/aromatic N) is 3.